The summed E-state index contributed by atoms with van der Waals surface area (Å²) in [7, 11) is 2.97. The summed E-state index contributed by atoms with van der Waals surface area (Å²) in [5.41, 5.74) is 6.76. The average molecular weight is 457 g/mol. The molecule has 0 saturated carbocycles. The molecule has 174 valence electrons. The van der Waals surface area contributed by atoms with Gasteiger partial charge < -0.3 is 14.0 Å². The molecule has 1 aliphatic heterocycles. The molecule has 0 spiro atoms. The van der Waals surface area contributed by atoms with Crippen LogP contribution in [0, 0.1) is 20.8 Å². The van der Waals surface area contributed by atoms with Crippen molar-refractivity contribution in [3.8, 4) is 11.4 Å². The monoisotopic (exact) mass is 456 g/mol. The lowest BCUT2D eigenvalue weighted by Gasteiger charge is -2.18. The number of ether oxygens (including phenoxy) is 2. The van der Waals surface area contributed by atoms with E-state index in [4.69, 9.17) is 9.47 Å². The number of rotatable bonds is 5. The smallest absolute Gasteiger partial charge is 0.340 e. The van der Waals surface area contributed by atoms with Gasteiger partial charge in [0.15, 0.2) is 0 Å². The molecule has 4 rings (SSSR count). The average Bonchev–Trinajstić information content (AvgIpc) is 3.25. The Balaban J connectivity index is 1.82. The van der Waals surface area contributed by atoms with Crippen LogP contribution in [-0.4, -0.2) is 30.7 Å². The van der Waals surface area contributed by atoms with Crippen molar-refractivity contribution in [2.75, 3.05) is 19.1 Å². The van der Waals surface area contributed by atoms with E-state index in [9.17, 15) is 9.59 Å². The molecule has 0 saturated heterocycles. The number of hydrogen-bond donors (Lipinski definition) is 0. The van der Waals surface area contributed by atoms with Crippen molar-refractivity contribution in [3.05, 3.63) is 94.0 Å². The minimum Gasteiger partial charge on any atom is -0.497 e. The molecule has 34 heavy (non-hydrogen) atoms. The lowest BCUT2D eigenvalue weighted by molar-refractivity contribution is -0.136. The summed E-state index contributed by atoms with van der Waals surface area (Å²) in [5.74, 6) is -0.00341. The fraction of sp³-hybridized carbons (Fsp3) is 0.214. The van der Waals surface area contributed by atoms with Gasteiger partial charge in [-0.3, -0.25) is 9.69 Å². The molecule has 0 fully saturated rings. The maximum absolute atomic E-state index is 13.6. The molecular formula is C28H28N2O4. The van der Waals surface area contributed by atoms with Crippen LogP contribution in [0.2, 0.25) is 0 Å². The van der Waals surface area contributed by atoms with Crippen molar-refractivity contribution in [2.45, 2.75) is 27.7 Å². The molecule has 1 amide bonds. The maximum atomic E-state index is 13.6. The molecule has 1 aromatic heterocycles. The standard InChI is InChI=1S/C28H28N2O4/c1-17-7-9-23(10-8-17)30-20(4)26(28(32)34-6)25(27(30)31)16-21-15-18(2)29(19(21)3)22-11-13-24(33-5)14-12-22/h7-16H,1-6H3/b25-16+. The van der Waals surface area contributed by atoms with Crippen molar-refractivity contribution < 1.29 is 19.1 Å². The molecule has 0 unspecified atom stereocenters. The Morgan fingerprint density at radius 3 is 2.09 bits per heavy atom. The first-order valence-corrected chi connectivity index (χ1v) is 11.0. The topological polar surface area (TPSA) is 60.8 Å². The first-order chi connectivity index (χ1) is 16.3. The Morgan fingerprint density at radius 2 is 1.50 bits per heavy atom. The molecule has 0 N–H and O–H groups in total. The number of anilines is 1. The van der Waals surface area contributed by atoms with Gasteiger partial charge in [0, 0.05) is 28.5 Å². The number of esters is 1. The summed E-state index contributed by atoms with van der Waals surface area (Å²) >= 11 is 0. The normalized spacial score (nSPS) is 14.8. The van der Waals surface area contributed by atoms with Crippen molar-refractivity contribution in [2.24, 2.45) is 0 Å². The van der Waals surface area contributed by atoms with Crippen LogP contribution in [0.25, 0.3) is 11.8 Å². The summed E-state index contributed by atoms with van der Waals surface area (Å²) in [6.45, 7) is 7.76. The van der Waals surface area contributed by atoms with Crippen LogP contribution in [0.15, 0.2) is 71.4 Å². The molecule has 0 bridgehead atoms. The van der Waals surface area contributed by atoms with Crippen LogP contribution < -0.4 is 9.64 Å². The zero-order chi connectivity index (χ0) is 24.6. The van der Waals surface area contributed by atoms with Gasteiger partial charge in [-0.1, -0.05) is 17.7 Å². The highest BCUT2D eigenvalue weighted by Crippen LogP contribution is 2.36. The van der Waals surface area contributed by atoms with Gasteiger partial charge in [0.05, 0.1) is 25.4 Å². The van der Waals surface area contributed by atoms with E-state index in [0.29, 0.717) is 17.0 Å². The number of allylic oxidation sites excluding steroid dienone is 1. The van der Waals surface area contributed by atoms with E-state index >= 15 is 0 Å². The number of benzene rings is 2. The molecule has 6 nitrogen and oxygen atoms in total. The summed E-state index contributed by atoms with van der Waals surface area (Å²) in [5, 5.41) is 0. The summed E-state index contributed by atoms with van der Waals surface area (Å²) in [6.07, 6.45) is 1.79. The van der Waals surface area contributed by atoms with Gasteiger partial charge in [-0.25, -0.2) is 4.79 Å². The van der Waals surface area contributed by atoms with Crippen molar-refractivity contribution in [1.82, 2.24) is 4.57 Å². The van der Waals surface area contributed by atoms with E-state index in [1.54, 1.807) is 25.0 Å². The Kier molecular flexibility index (Phi) is 6.16. The van der Waals surface area contributed by atoms with Crippen LogP contribution in [0.1, 0.15) is 29.4 Å². The molecule has 0 aliphatic carbocycles. The van der Waals surface area contributed by atoms with Crippen molar-refractivity contribution >= 4 is 23.6 Å². The second kappa shape index (κ2) is 9.06. The lowest BCUT2D eigenvalue weighted by atomic mass is 10.0. The first kappa shape index (κ1) is 23.1. The van der Waals surface area contributed by atoms with Gasteiger partial charge >= 0.3 is 5.97 Å². The maximum Gasteiger partial charge on any atom is 0.340 e. The second-order valence-corrected chi connectivity index (χ2v) is 8.35. The van der Waals surface area contributed by atoms with E-state index in [1.807, 2.05) is 75.4 Å². The highest BCUT2D eigenvalue weighted by molar-refractivity contribution is 6.23. The second-order valence-electron chi connectivity index (χ2n) is 8.35. The van der Waals surface area contributed by atoms with Crippen LogP contribution in [0.5, 0.6) is 5.75 Å². The first-order valence-electron chi connectivity index (χ1n) is 11.0. The number of amides is 1. The predicted octanol–water partition coefficient (Wildman–Crippen LogP) is 5.29. The van der Waals surface area contributed by atoms with E-state index < -0.39 is 5.97 Å². The Bertz CT molecular complexity index is 1330. The quantitative estimate of drug-likeness (QED) is 0.387. The third-order valence-corrected chi connectivity index (χ3v) is 6.18. The third-order valence-electron chi connectivity index (χ3n) is 6.18. The van der Waals surface area contributed by atoms with Crippen LogP contribution in [-0.2, 0) is 14.3 Å². The molecule has 2 aromatic carbocycles. The summed E-state index contributed by atoms with van der Waals surface area (Å²) < 4.78 is 12.4. The largest absolute Gasteiger partial charge is 0.497 e. The zero-order valence-corrected chi connectivity index (χ0v) is 20.3. The van der Waals surface area contributed by atoms with E-state index in [0.717, 1.165) is 34.0 Å². The molecule has 6 heteroatoms. The predicted molar refractivity (Wildman–Crippen MR) is 133 cm³/mol. The van der Waals surface area contributed by atoms with Gasteiger partial charge in [0.2, 0.25) is 0 Å². The number of carbonyl (C=O) groups is 2. The lowest BCUT2D eigenvalue weighted by Crippen LogP contribution is -2.24. The van der Waals surface area contributed by atoms with Crippen LogP contribution in [0.3, 0.4) is 0 Å². The highest BCUT2D eigenvalue weighted by Gasteiger charge is 2.38. The fourth-order valence-electron chi connectivity index (χ4n) is 4.40. The Hall–Kier alpha value is -4.06. The van der Waals surface area contributed by atoms with Gasteiger partial charge in [0.25, 0.3) is 5.91 Å². The van der Waals surface area contributed by atoms with Crippen molar-refractivity contribution in [3.63, 3.8) is 0 Å². The van der Waals surface area contributed by atoms with Gasteiger partial charge in [-0.2, -0.15) is 0 Å². The molecule has 0 atom stereocenters. The van der Waals surface area contributed by atoms with E-state index in [-0.39, 0.29) is 11.5 Å². The van der Waals surface area contributed by atoms with Crippen LogP contribution >= 0.6 is 0 Å². The molecule has 1 aliphatic rings. The van der Waals surface area contributed by atoms with Crippen molar-refractivity contribution in [1.29, 1.82) is 0 Å². The van der Waals surface area contributed by atoms with Gasteiger partial charge in [-0.05, 0) is 81.8 Å². The Labute approximate surface area is 199 Å². The zero-order valence-electron chi connectivity index (χ0n) is 20.3. The SMILES string of the molecule is COC(=O)C1=C(C)N(c2ccc(C)cc2)C(=O)/C1=C/c1cc(C)n(-c2ccc(OC)cc2)c1C. The Morgan fingerprint density at radius 1 is 0.882 bits per heavy atom. The number of nitrogens with zero attached hydrogens (tertiary/aromatic N) is 2. The van der Waals surface area contributed by atoms with Crippen LogP contribution in [0.4, 0.5) is 5.69 Å². The highest BCUT2D eigenvalue weighted by atomic mass is 16.5. The number of aryl methyl sites for hydroxylation is 2. The molecule has 0 radical (unpaired) electrons. The molecule has 3 aromatic rings. The van der Waals surface area contributed by atoms with E-state index in [2.05, 4.69) is 4.57 Å². The third kappa shape index (κ3) is 3.92. The number of hydrogen-bond acceptors (Lipinski definition) is 4. The number of carbonyl (C=O) groups excluding carboxylic acids is 2. The minimum atomic E-state index is -0.532. The molecule has 2 heterocycles. The van der Waals surface area contributed by atoms with E-state index in [1.165, 1.54) is 7.11 Å². The summed E-state index contributed by atoms with van der Waals surface area (Å²) in [4.78, 5) is 27.9. The van der Waals surface area contributed by atoms with Gasteiger partial charge in [-0.15, -0.1) is 0 Å². The fourth-order valence-corrected chi connectivity index (χ4v) is 4.40. The number of aromatic nitrogens is 1. The minimum absolute atomic E-state index is 0.254. The van der Waals surface area contributed by atoms with Gasteiger partial charge in [0.1, 0.15) is 5.75 Å². The summed E-state index contributed by atoms with van der Waals surface area (Å²) in [6, 6.07) is 17.4. The number of methoxy groups -OCH3 is 2. The molecular weight excluding hydrogens is 428 g/mol.